The minimum absolute atomic E-state index is 0.104. The number of rotatable bonds is 9. The highest BCUT2D eigenvalue weighted by Gasteiger charge is 2.26. The van der Waals surface area contributed by atoms with Crippen molar-refractivity contribution in [1.29, 1.82) is 0 Å². The molecule has 0 aliphatic heterocycles. The molecule has 5 heteroatoms. The molecule has 0 aliphatic carbocycles. The molecule has 0 saturated heterocycles. The molecule has 0 aromatic carbocycles. The van der Waals surface area contributed by atoms with Gasteiger partial charge in [-0.3, -0.25) is 0 Å². The quantitative estimate of drug-likeness (QED) is 0.583. The van der Waals surface area contributed by atoms with E-state index >= 15 is 0 Å². The third-order valence-corrected chi connectivity index (χ3v) is 2.27. The van der Waals surface area contributed by atoms with E-state index in [4.69, 9.17) is 14.2 Å². The van der Waals surface area contributed by atoms with Crippen LogP contribution in [0.1, 0.15) is 41.0 Å². The Morgan fingerprint density at radius 2 is 1.47 bits per heavy atom. The average molecular weight is 248 g/mol. The number of hydrogen-bond donors (Lipinski definition) is 0. The summed E-state index contributed by atoms with van der Waals surface area (Å²) in [6.45, 7) is 10.2. The molecule has 0 spiro atoms. The lowest BCUT2D eigenvalue weighted by Crippen LogP contribution is -2.38. The normalized spacial score (nSPS) is 15.8. The van der Waals surface area contributed by atoms with Crippen LogP contribution in [0.3, 0.4) is 0 Å². The summed E-state index contributed by atoms with van der Waals surface area (Å²) in [6.07, 6.45) is 0.155. The highest BCUT2D eigenvalue weighted by atomic mass is 19.2. The van der Waals surface area contributed by atoms with Crippen molar-refractivity contribution < 1.29 is 18.6 Å². The van der Waals surface area contributed by atoms with Crippen LogP contribution in [0.4, 0.5) is 4.39 Å². The fourth-order valence-corrected chi connectivity index (χ4v) is 1.15. The molecule has 0 amide bonds. The second-order valence-corrected chi connectivity index (χ2v) is 4.96. The van der Waals surface area contributed by atoms with E-state index in [0.717, 1.165) is 0 Å². The van der Waals surface area contributed by atoms with Gasteiger partial charge in [-0.15, -0.1) is 0 Å². The van der Waals surface area contributed by atoms with Crippen LogP contribution in [-0.2, 0) is 14.2 Å². The number of alkyl halides is 1. The van der Waals surface area contributed by atoms with Crippen molar-refractivity contribution in [3.05, 3.63) is 0 Å². The topological polar surface area (TPSA) is 27.7 Å². The van der Waals surface area contributed by atoms with Crippen LogP contribution in [0.2, 0.25) is 0 Å². The molecular weight excluding hydrogens is 222 g/mol. The van der Waals surface area contributed by atoms with E-state index in [1.54, 1.807) is 6.92 Å². The third kappa shape index (κ3) is 9.56. The fourth-order valence-electron chi connectivity index (χ4n) is 1.15. The largest absolute Gasteiger partial charge is 0.376 e. The Morgan fingerprint density at radius 3 is 1.76 bits per heavy atom. The highest BCUT2D eigenvalue weighted by molar-refractivity contribution is 6.13. The molecule has 102 valence electrons. The molecule has 0 heterocycles. The Kier molecular flexibility index (Phi) is 8.00. The zero-order valence-corrected chi connectivity index (χ0v) is 12.0. The molecule has 17 heavy (non-hydrogen) atoms. The summed E-state index contributed by atoms with van der Waals surface area (Å²) in [5.74, 6) is -1.62. The number of ether oxygens (including phenoxy) is 3. The molecule has 0 aliphatic rings. The van der Waals surface area contributed by atoms with E-state index < -0.39 is 5.75 Å². The van der Waals surface area contributed by atoms with Gasteiger partial charge >= 0.3 is 0 Å². The maximum Gasteiger partial charge on any atom is 0.185 e. The number of hydrogen-bond acceptors (Lipinski definition) is 3. The van der Waals surface area contributed by atoms with Gasteiger partial charge in [-0.1, -0.05) is 6.92 Å². The summed E-state index contributed by atoms with van der Waals surface area (Å²) < 4.78 is 30.1. The van der Waals surface area contributed by atoms with Crippen LogP contribution in [0.5, 0.6) is 0 Å². The lowest BCUT2D eigenvalue weighted by atomic mass is 9.94. The summed E-state index contributed by atoms with van der Waals surface area (Å²) in [5, 5.41) is 0. The second-order valence-electron chi connectivity index (χ2n) is 4.96. The van der Waals surface area contributed by atoms with Crippen molar-refractivity contribution in [1.82, 2.24) is 0 Å². The molecule has 3 nitrogen and oxygen atoms in total. The lowest BCUT2D eigenvalue weighted by Gasteiger charge is -2.28. The first-order valence-corrected chi connectivity index (χ1v) is 6.36. The van der Waals surface area contributed by atoms with Crippen molar-refractivity contribution in [3.63, 3.8) is 0 Å². The standard InChI is InChI=1S/C12H26BFO3/c1-6-12(13,14)17-11(7-15-9(2)3)8-16-10(4)5/h9-11H,6-8,13H2,1-5H3/t12-/m0/s1. The van der Waals surface area contributed by atoms with E-state index in [1.165, 1.54) is 7.85 Å². The Balaban J connectivity index is 4.19. The van der Waals surface area contributed by atoms with E-state index in [0.29, 0.717) is 19.6 Å². The van der Waals surface area contributed by atoms with Crippen LogP contribution in [0, 0.1) is 0 Å². The zero-order valence-electron chi connectivity index (χ0n) is 12.0. The van der Waals surface area contributed by atoms with Gasteiger partial charge < -0.3 is 14.2 Å². The van der Waals surface area contributed by atoms with Crippen LogP contribution in [-0.4, -0.2) is 45.1 Å². The van der Waals surface area contributed by atoms with Gasteiger partial charge in [0, 0.05) is 0 Å². The van der Waals surface area contributed by atoms with E-state index in [1.807, 2.05) is 27.7 Å². The van der Waals surface area contributed by atoms with Gasteiger partial charge in [0.15, 0.2) is 13.6 Å². The highest BCUT2D eigenvalue weighted by Crippen LogP contribution is 2.16. The molecule has 0 bridgehead atoms. The van der Waals surface area contributed by atoms with Crippen molar-refractivity contribution in [3.8, 4) is 0 Å². The van der Waals surface area contributed by atoms with E-state index in [2.05, 4.69) is 0 Å². The van der Waals surface area contributed by atoms with Gasteiger partial charge in [-0.2, -0.15) is 0 Å². The monoisotopic (exact) mass is 248 g/mol. The average Bonchev–Trinajstić information content (AvgIpc) is 2.21. The van der Waals surface area contributed by atoms with Crippen LogP contribution in [0.25, 0.3) is 0 Å². The molecule has 0 rings (SSSR count). The first-order valence-electron chi connectivity index (χ1n) is 6.36. The first kappa shape index (κ1) is 16.9. The Hall–Kier alpha value is -0.125. The molecule has 0 saturated carbocycles. The second kappa shape index (κ2) is 8.06. The SMILES string of the molecule is B[C@](F)(CC)OC(COC(C)C)COC(C)C. The minimum Gasteiger partial charge on any atom is -0.376 e. The van der Waals surface area contributed by atoms with Crippen LogP contribution >= 0.6 is 0 Å². The van der Waals surface area contributed by atoms with Gasteiger partial charge in [0.2, 0.25) is 0 Å². The molecule has 0 unspecified atom stereocenters. The molecule has 0 aromatic rings. The van der Waals surface area contributed by atoms with Crippen molar-refractivity contribution >= 4 is 7.85 Å². The molecular formula is C12H26BFO3. The summed E-state index contributed by atoms with van der Waals surface area (Å²) >= 11 is 0. The Labute approximate surface area is 105 Å². The molecule has 1 atom stereocenters. The lowest BCUT2D eigenvalue weighted by molar-refractivity contribution is -0.167. The van der Waals surface area contributed by atoms with Gasteiger partial charge in [0.25, 0.3) is 0 Å². The van der Waals surface area contributed by atoms with Crippen molar-refractivity contribution in [2.45, 2.75) is 65.1 Å². The summed E-state index contributed by atoms with van der Waals surface area (Å²) in [6, 6.07) is 0. The molecule has 0 aromatic heterocycles. The molecule has 0 N–H and O–H groups in total. The van der Waals surface area contributed by atoms with Crippen molar-refractivity contribution in [2.75, 3.05) is 13.2 Å². The maximum absolute atomic E-state index is 13.8. The predicted octanol–water partition coefficient (Wildman–Crippen LogP) is 1.89. The fraction of sp³-hybridized carbons (Fsp3) is 1.00. The van der Waals surface area contributed by atoms with Gasteiger partial charge in [0.05, 0.1) is 25.4 Å². The molecule has 0 radical (unpaired) electrons. The van der Waals surface area contributed by atoms with Gasteiger partial charge in [0.1, 0.15) is 6.10 Å². The van der Waals surface area contributed by atoms with Crippen molar-refractivity contribution in [2.24, 2.45) is 0 Å². The minimum atomic E-state index is -1.62. The van der Waals surface area contributed by atoms with Crippen LogP contribution in [0.15, 0.2) is 0 Å². The summed E-state index contributed by atoms with van der Waals surface area (Å²) in [7, 11) is 1.44. The first-order chi connectivity index (χ1) is 7.76. The summed E-state index contributed by atoms with van der Waals surface area (Å²) in [5.41, 5.74) is 0. The zero-order chi connectivity index (χ0) is 13.5. The smallest absolute Gasteiger partial charge is 0.185 e. The van der Waals surface area contributed by atoms with E-state index in [9.17, 15) is 4.39 Å². The molecule has 0 fully saturated rings. The van der Waals surface area contributed by atoms with Gasteiger partial charge in [-0.25, -0.2) is 4.39 Å². The Morgan fingerprint density at radius 1 is 1.06 bits per heavy atom. The van der Waals surface area contributed by atoms with E-state index in [-0.39, 0.29) is 18.3 Å². The van der Waals surface area contributed by atoms with Gasteiger partial charge in [-0.05, 0) is 34.1 Å². The Bertz CT molecular complexity index is 186. The summed E-state index contributed by atoms with van der Waals surface area (Å²) in [4.78, 5) is 0. The van der Waals surface area contributed by atoms with Crippen LogP contribution < -0.4 is 0 Å². The number of halogens is 1. The maximum atomic E-state index is 13.8. The predicted molar refractivity (Wildman–Crippen MR) is 69.7 cm³/mol. The third-order valence-electron chi connectivity index (χ3n) is 2.27.